The molecule has 0 aliphatic carbocycles. The highest BCUT2D eigenvalue weighted by molar-refractivity contribution is 5.82. The smallest absolute Gasteiger partial charge is 0.151 e. The van der Waals surface area contributed by atoms with E-state index >= 15 is 0 Å². The molecule has 0 bridgehead atoms. The van der Waals surface area contributed by atoms with E-state index in [0.717, 1.165) is 11.3 Å². The van der Waals surface area contributed by atoms with Crippen molar-refractivity contribution in [3.8, 4) is 0 Å². The molecule has 0 saturated heterocycles. The van der Waals surface area contributed by atoms with Gasteiger partial charge >= 0.3 is 0 Å². The van der Waals surface area contributed by atoms with Gasteiger partial charge in [-0.05, 0) is 36.9 Å². The first-order chi connectivity index (χ1) is 9.63. The van der Waals surface area contributed by atoms with Gasteiger partial charge in [0.15, 0.2) is 5.78 Å². The Labute approximate surface area is 118 Å². The molecule has 0 atom stereocenters. The highest BCUT2D eigenvalue weighted by Gasteiger charge is 2.08. The summed E-state index contributed by atoms with van der Waals surface area (Å²) in [6.45, 7) is 0.990. The van der Waals surface area contributed by atoms with Crippen molar-refractivity contribution in [2.75, 3.05) is 13.6 Å². The third-order valence-electron chi connectivity index (χ3n) is 2.92. The molecule has 2 aromatic rings. The summed E-state index contributed by atoms with van der Waals surface area (Å²) in [5.41, 5.74) is 1.77. The fourth-order valence-corrected chi connectivity index (χ4v) is 2.01. The Balaban J connectivity index is 1.83. The van der Waals surface area contributed by atoms with E-state index in [2.05, 4.69) is 4.98 Å². The number of carbonyl (C=O) groups excluding carboxylic acids is 1. The Kier molecular flexibility index (Phi) is 4.96. The predicted molar refractivity (Wildman–Crippen MR) is 75.7 cm³/mol. The Morgan fingerprint density at radius 3 is 2.60 bits per heavy atom. The highest BCUT2D eigenvalue weighted by atomic mass is 19.1. The number of hydrogen-bond donors (Lipinski definition) is 0. The molecule has 1 heterocycles. The Morgan fingerprint density at radius 2 is 1.95 bits per heavy atom. The molecule has 0 fully saturated rings. The Morgan fingerprint density at radius 1 is 1.20 bits per heavy atom. The number of ketones is 1. The lowest BCUT2D eigenvalue weighted by Gasteiger charge is -2.15. The van der Waals surface area contributed by atoms with Crippen LogP contribution >= 0.6 is 0 Å². The number of carbonyl (C=O) groups is 1. The van der Waals surface area contributed by atoms with Gasteiger partial charge in [-0.25, -0.2) is 4.39 Å². The summed E-state index contributed by atoms with van der Waals surface area (Å²) in [5, 5.41) is 0. The van der Waals surface area contributed by atoms with Gasteiger partial charge in [-0.15, -0.1) is 0 Å². The average Bonchev–Trinajstić information content (AvgIpc) is 2.42. The summed E-state index contributed by atoms with van der Waals surface area (Å²) >= 11 is 0. The van der Waals surface area contributed by atoms with Gasteiger partial charge in [0, 0.05) is 19.2 Å². The van der Waals surface area contributed by atoms with Gasteiger partial charge in [-0.3, -0.25) is 14.7 Å². The van der Waals surface area contributed by atoms with Crippen molar-refractivity contribution in [2.24, 2.45) is 0 Å². The van der Waals surface area contributed by atoms with Crippen LogP contribution in [0.25, 0.3) is 0 Å². The first kappa shape index (κ1) is 14.3. The maximum absolute atomic E-state index is 12.8. The third kappa shape index (κ3) is 4.55. The van der Waals surface area contributed by atoms with Crippen molar-refractivity contribution < 1.29 is 9.18 Å². The van der Waals surface area contributed by atoms with Gasteiger partial charge < -0.3 is 0 Å². The molecule has 1 aromatic heterocycles. The van der Waals surface area contributed by atoms with Gasteiger partial charge in [0.05, 0.1) is 12.2 Å². The molecule has 1 aromatic carbocycles. The fourth-order valence-electron chi connectivity index (χ4n) is 2.01. The molecule has 0 unspecified atom stereocenters. The zero-order valence-corrected chi connectivity index (χ0v) is 11.4. The van der Waals surface area contributed by atoms with Crippen molar-refractivity contribution in [3.63, 3.8) is 0 Å². The molecule has 4 heteroatoms. The van der Waals surface area contributed by atoms with E-state index in [0.29, 0.717) is 19.5 Å². The molecule has 20 heavy (non-hydrogen) atoms. The average molecular weight is 272 g/mol. The van der Waals surface area contributed by atoms with Gasteiger partial charge in [0.25, 0.3) is 0 Å². The van der Waals surface area contributed by atoms with Crippen LogP contribution in [0.5, 0.6) is 0 Å². The van der Waals surface area contributed by atoms with E-state index < -0.39 is 0 Å². The first-order valence-electron chi connectivity index (χ1n) is 6.48. The summed E-state index contributed by atoms with van der Waals surface area (Å²) < 4.78 is 12.8. The zero-order chi connectivity index (χ0) is 14.4. The third-order valence-corrected chi connectivity index (χ3v) is 2.92. The first-order valence-corrected chi connectivity index (χ1v) is 6.48. The number of pyridine rings is 1. The van der Waals surface area contributed by atoms with Crippen LogP contribution in [0.2, 0.25) is 0 Å². The number of aromatic nitrogens is 1. The van der Waals surface area contributed by atoms with Crippen LogP contribution in [0, 0.1) is 5.82 Å². The van der Waals surface area contributed by atoms with Crippen molar-refractivity contribution in [3.05, 3.63) is 65.7 Å². The largest absolute Gasteiger partial charge is 0.298 e. The molecule has 0 aliphatic heterocycles. The van der Waals surface area contributed by atoms with Crippen molar-refractivity contribution in [2.45, 2.75) is 13.0 Å². The SMILES string of the molecule is CN(CC(=O)Cc1ccc(F)cc1)Cc1ccccn1. The second-order valence-corrected chi connectivity index (χ2v) is 4.84. The molecule has 0 aliphatic rings. The van der Waals surface area contributed by atoms with E-state index in [9.17, 15) is 9.18 Å². The number of benzene rings is 1. The molecular formula is C16H17FN2O. The van der Waals surface area contributed by atoms with Crippen LogP contribution in [0.1, 0.15) is 11.3 Å². The maximum atomic E-state index is 12.8. The van der Waals surface area contributed by atoms with E-state index in [-0.39, 0.29) is 11.6 Å². The van der Waals surface area contributed by atoms with Crippen LogP contribution in [-0.4, -0.2) is 29.3 Å². The van der Waals surface area contributed by atoms with Gasteiger partial charge in [-0.2, -0.15) is 0 Å². The minimum Gasteiger partial charge on any atom is -0.298 e. The summed E-state index contributed by atoms with van der Waals surface area (Å²) in [6.07, 6.45) is 2.07. The number of rotatable bonds is 6. The minimum atomic E-state index is -0.284. The molecule has 2 rings (SSSR count). The van der Waals surface area contributed by atoms with Crippen molar-refractivity contribution in [1.82, 2.24) is 9.88 Å². The molecular weight excluding hydrogens is 255 g/mol. The normalized spacial score (nSPS) is 10.8. The monoisotopic (exact) mass is 272 g/mol. The van der Waals surface area contributed by atoms with E-state index in [4.69, 9.17) is 0 Å². The van der Waals surface area contributed by atoms with Crippen molar-refractivity contribution in [1.29, 1.82) is 0 Å². The molecule has 0 saturated carbocycles. The minimum absolute atomic E-state index is 0.107. The quantitative estimate of drug-likeness (QED) is 0.810. The van der Waals surface area contributed by atoms with Gasteiger partial charge in [-0.1, -0.05) is 18.2 Å². The lowest BCUT2D eigenvalue weighted by atomic mass is 10.1. The lowest BCUT2D eigenvalue weighted by molar-refractivity contribution is -0.119. The standard InChI is InChI=1S/C16H17FN2O/c1-19(11-15-4-2-3-9-18-15)12-16(20)10-13-5-7-14(17)8-6-13/h2-9H,10-12H2,1H3. The van der Waals surface area contributed by atoms with E-state index in [1.165, 1.54) is 12.1 Å². The van der Waals surface area contributed by atoms with Crippen LogP contribution in [0.4, 0.5) is 4.39 Å². The highest BCUT2D eigenvalue weighted by Crippen LogP contribution is 2.05. The Bertz CT molecular complexity index is 554. The summed E-state index contributed by atoms with van der Waals surface area (Å²) in [7, 11) is 1.89. The second kappa shape index (κ2) is 6.91. The summed E-state index contributed by atoms with van der Waals surface area (Å²) in [6, 6.07) is 11.8. The molecule has 104 valence electrons. The van der Waals surface area contributed by atoms with Crippen LogP contribution < -0.4 is 0 Å². The zero-order valence-electron chi connectivity index (χ0n) is 11.4. The van der Waals surface area contributed by atoms with Crippen molar-refractivity contribution >= 4 is 5.78 Å². The molecule has 0 N–H and O–H groups in total. The second-order valence-electron chi connectivity index (χ2n) is 4.84. The number of Topliss-reactive ketones (excluding diaryl/α,β-unsaturated/α-hetero) is 1. The predicted octanol–water partition coefficient (Wildman–Crippen LogP) is 2.46. The molecule has 0 radical (unpaired) electrons. The van der Waals surface area contributed by atoms with Crippen LogP contribution in [-0.2, 0) is 17.8 Å². The number of nitrogens with zero attached hydrogens (tertiary/aromatic N) is 2. The lowest BCUT2D eigenvalue weighted by Crippen LogP contribution is -2.26. The van der Waals surface area contributed by atoms with E-state index in [1.807, 2.05) is 30.1 Å². The number of halogens is 1. The van der Waals surface area contributed by atoms with Gasteiger partial charge in [0.1, 0.15) is 5.82 Å². The van der Waals surface area contributed by atoms with Gasteiger partial charge in [0.2, 0.25) is 0 Å². The maximum Gasteiger partial charge on any atom is 0.151 e. The molecule has 0 spiro atoms. The van der Waals surface area contributed by atoms with Crippen LogP contribution in [0.15, 0.2) is 48.7 Å². The topological polar surface area (TPSA) is 33.2 Å². The summed E-state index contributed by atoms with van der Waals surface area (Å²) in [4.78, 5) is 18.1. The van der Waals surface area contributed by atoms with E-state index in [1.54, 1.807) is 18.3 Å². The molecule has 0 amide bonds. The fraction of sp³-hybridized carbons (Fsp3) is 0.250. The Hall–Kier alpha value is -2.07. The molecule has 3 nitrogen and oxygen atoms in total. The van der Waals surface area contributed by atoms with Crippen LogP contribution in [0.3, 0.4) is 0 Å². The number of hydrogen-bond acceptors (Lipinski definition) is 3. The number of likely N-dealkylation sites (N-methyl/N-ethyl adjacent to an activating group) is 1. The summed E-state index contributed by atoms with van der Waals surface area (Å²) in [5.74, 6) is -0.177.